The minimum Gasteiger partial charge on any atom is -0.508 e. The molecule has 4 aliphatic rings. The Kier molecular flexibility index (Phi) is 2.52. The molecule has 1 aromatic rings. The molecule has 4 bridgehead atoms. The van der Waals surface area contributed by atoms with Gasteiger partial charge in [-0.15, -0.1) is 0 Å². The van der Waals surface area contributed by atoms with E-state index in [2.05, 4.69) is 0 Å². The van der Waals surface area contributed by atoms with Gasteiger partial charge in [0, 0.05) is 0 Å². The van der Waals surface area contributed by atoms with Crippen molar-refractivity contribution < 1.29 is 15.0 Å². The van der Waals surface area contributed by atoms with Crippen LogP contribution in [0.1, 0.15) is 49.7 Å². The lowest BCUT2D eigenvalue weighted by Gasteiger charge is -2.61. The van der Waals surface area contributed by atoms with Gasteiger partial charge < -0.3 is 10.2 Å². The second-order valence-corrected chi connectivity index (χ2v) is 7.83. The summed E-state index contributed by atoms with van der Waals surface area (Å²) in [5.41, 5.74) is 1.92. The molecule has 0 spiro atoms. The van der Waals surface area contributed by atoms with Gasteiger partial charge in [0.05, 0.1) is 5.41 Å². The molecule has 112 valence electrons. The summed E-state index contributed by atoms with van der Waals surface area (Å²) in [4.78, 5) is 11.9. The molecule has 4 saturated carbocycles. The van der Waals surface area contributed by atoms with E-state index in [4.69, 9.17) is 0 Å². The first-order valence-corrected chi connectivity index (χ1v) is 7.96. The molecule has 5 rings (SSSR count). The highest BCUT2D eigenvalue weighted by atomic mass is 16.4. The largest absolute Gasteiger partial charge is 0.508 e. The third-order valence-electron chi connectivity index (χ3n) is 6.30. The molecule has 1 aromatic carbocycles. The Morgan fingerprint density at radius 3 is 2.43 bits per heavy atom. The van der Waals surface area contributed by atoms with Gasteiger partial charge in [-0.2, -0.15) is 0 Å². The van der Waals surface area contributed by atoms with Crippen molar-refractivity contribution in [2.45, 2.75) is 50.9 Å². The van der Waals surface area contributed by atoms with Gasteiger partial charge in [0.15, 0.2) is 0 Å². The molecule has 0 saturated heterocycles. The number of benzene rings is 1. The minimum atomic E-state index is -0.586. The fourth-order valence-corrected chi connectivity index (χ4v) is 6.07. The Hall–Kier alpha value is -1.51. The lowest BCUT2D eigenvalue weighted by molar-refractivity contribution is -0.167. The van der Waals surface area contributed by atoms with Crippen LogP contribution in [0.25, 0.3) is 0 Å². The maximum Gasteiger partial charge on any atom is 0.309 e. The van der Waals surface area contributed by atoms with E-state index in [1.165, 1.54) is 12.0 Å². The van der Waals surface area contributed by atoms with Gasteiger partial charge in [-0.1, -0.05) is 6.07 Å². The molecule has 3 nitrogen and oxygen atoms in total. The summed E-state index contributed by atoms with van der Waals surface area (Å²) >= 11 is 0. The lowest BCUT2D eigenvalue weighted by atomic mass is 9.42. The molecule has 0 amide bonds. The molecular weight excluding hydrogens is 264 g/mol. The van der Waals surface area contributed by atoms with Crippen LogP contribution in [0.5, 0.6) is 5.75 Å². The lowest BCUT2D eigenvalue weighted by Crippen LogP contribution is -2.56. The fourth-order valence-electron chi connectivity index (χ4n) is 6.07. The van der Waals surface area contributed by atoms with E-state index >= 15 is 0 Å². The van der Waals surface area contributed by atoms with Gasteiger partial charge in [-0.05, 0) is 86.0 Å². The van der Waals surface area contributed by atoms with Crippen LogP contribution in [-0.4, -0.2) is 16.2 Å². The number of hydrogen-bond acceptors (Lipinski definition) is 2. The summed E-state index contributed by atoms with van der Waals surface area (Å²) in [5.74, 6) is 0.845. The predicted molar refractivity (Wildman–Crippen MR) is 79.3 cm³/mol. The molecule has 0 heterocycles. The SMILES string of the molecule is Cc1cc(O)ccc1C12CC3CC(CC(C(=O)O)(C3)C1)C2. The first kappa shape index (κ1) is 13.2. The van der Waals surface area contributed by atoms with E-state index in [0.717, 1.165) is 37.7 Å². The number of rotatable bonds is 2. The number of hydrogen-bond donors (Lipinski definition) is 2. The highest BCUT2D eigenvalue weighted by Crippen LogP contribution is 2.66. The normalized spacial score (nSPS) is 40.4. The van der Waals surface area contributed by atoms with Gasteiger partial charge in [-0.25, -0.2) is 0 Å². The van der Waals surface area contributed by atoms with E-state index in [9.17, 15) is 15.0 Å². The summed E-state index contributed by atoms with van der Waals surface area (Å²) in [6.45, 7) is 2.04. The zero-order valence-corrected chi connectivity index (χ0v) is 12.4. The molecule has 0 aliphatic heterocycles. The van der Waals surface area contributed by atoms with E-state index in [-0.39, 0.29) is 5.41 Å². The molecule has 2 unspecified atom stereocenters. The number of aryl methyl sites for hydroxylation is 1. The Labute approximate surface area is 125 Å². The molecule has 3 heteroatoms. The van der Waals surface area contributed by atoms with Crippen LogP contribution >= 0.6 is 0 Å². The highest BCUT2D eigenvalue weighted by molar-refractivity contribution is 5.76. The number of phenols is 1. The summed E-state index contributed by atoms with van der Waals surface area (Å²) in [6, 6.07) is 5.61. The fraction of sp³-hybridized carbons (Fsp3) is 0.611. The van der Waals surface area contributed by atoms with E-state index in [0.29, 0.717) is 17.6 Å². The first-order valence-electron chi connectivity index (χ1n) is 7.96. The van der Waals surface area contributed by atoms with Crippen LogP contribution in [0.15, 0.2) is 18.2 Å². The van der Waals surface area contributed by atoms with Crippen molar-refractivity contribution >= 4 is 5.97 Å². The second kappa shape index (κ2) is 4.02. The van der Waals surface area contributed by atoms with Crippen molar-refractivity contribution in [3.05, 3.63) is 29.3 Å². The summed E-state index contributed by atoms with van der Waals surface area (Å²) in [7, 11) is 0. The topological polar surface area (TPSA) is 57.5 Å². The van der Waals surface area contributed by atoms with Crippen molar-refractivity contribution in [3.8, 4) is 5.75 Å². The standard InChI is InChI=1S/C18H22O3/c1-11-4-14(19)2-3-15(11)17-6-12-5-13(7-17)9-18(8-12,10-17)16(20)21/h2-4,12-13,19H,5-10H2,1H3,(H,20,21). The van der Waals surface area contributed by atoms with Crippen LogP contribution < -0.4 is 0 Å². The summed E-state index contributed by atoms with van der Waals surface area (Å²) in [5, 5.41) is 19.5. The maximum absolute atomic E-state index is 11.9. The maximum atomic E-state index is 11.9. The first-order chi connectivity index (χ1) is 9.92. The number of aromatic hydroxyl groups is 1. The van der Waals surface area contributed by atoms with E-state index < -0.39 is 11.4 Å². The van der Waals surface area contributed by atoms with Crippen molar-refractivity contribution in [3.63, 3.8) is 0 Å². The minimum absolute atomic E-state index is 0.0280. The Balaban J connectivity index is 1.82. The highest BCUT2D eigenvalue weighted by Gasteiger charge is 2.61. The van der Waals surface area contributed by atoms with Crippen molar-refractivity contribution in [1.29, 1.82) is 0 Å². The van der Waals surface area contributed by atoms with Gasteiger partial charge in [-0.3, -0.25) is 4.79 Å². The molecule has 2 atom stereocenters. The van der Waals surface area contributed by atoms with Gasteiger partial charge in [0.1, 0.15) is 5.75 Å². The second-order valence-electron chi connectivity index (χ2n) is 7.83. The van der Waals surface area contributed by atoms with Crippen LogP contribution in [0, 0.1) is 24.2 Å². The summed E-state index contributed by atoms with van der Waals surface area (Å²) in [6.07, 6.45) is 6.01. The molecule has 0 aromatic heterocycles. The zero-order valence-electron chi connectivity index (χ0n) is 12.4. The monoisotopic (exact) mass is 286 g/mol. The van der Waals surface area contributed by atoms with Gasteiger partial charge in [0.25, 0.3) is 0 Å². The van der Waals surface area contributed by atoms with Crippen molar-refractivity contribution in [1.82, 2.24) is 0 Å². The number of carbonyl (C=O) groups is 1. The molecule has 4 aliphatic carbocycles. The van der Waals surface area contributed by atoms with Gasteiger partial charge in [0.2, 0.25) is 0 Å². The number of carboxylic acid groups (broad SMARTS) is 1. The quantitative estimate of drug-likeness (QED) is 0.873. The smallest absolute Gasteiger partial charge is 0.309 e. The molecule has 2 N–H and O–H groups in total. The number of carboxylic acids is 1. The third kappa shape index (κ3) is 1.76. The molecule has 0 radical (unpaired) electrons. The molecule has 21 heavy (non-hydrogen) atoms. The van der Waals surface area contributed by atoms with Gasteiger partial charge >= 0.3 is 5.97 Å². The third-order valence-corrected chi connectivity index (χ3v) is 6.30. The average molecular weight is 286 g/mol. The Bertz CT molecular complexity index is 605. The predicted octanol–water partition coefficient (Wildman–Crippen LogP) is 3.62. The number of phenolic OH excluding ortho intramolecular Hbond substituents is 1. The molecule has 4 fully saturated rings. The average Bonchev–Trinajstić information content (AvgIpc) is 2.36. The molecular formula is C18H22O3. The van der Waals surface area contributed by atoms with Crippen LogP contribution in [0.4, 0.5) is 0 Å². The van der Waals surface area contributed by atoms with E-state index in [1.807, 2.05) is 19.1 Å². The Morgan fingerprint density at radius 1 is 1.19 bits per heavy atom. The zero-order chi connectivity index (χ0) is 14.8. The number of aliphatic carboxylic acids is 1. The summed E-state index contributed by atoms with van der Waals surface area (Å²) < 4.78 is 0. The van der Waals surface area contributed by atoms with Crippen LogP contribution in [0.2, 0.25) is 0 Å². The van der Waals surface area contributed by atoms with Crippen molar-refractivity contribution in [2.24, 2.45) is 17.3 Å². The Morgan fingerprint density at radius 2 is 1.86 bits per heavy atom. The van der Waals surface area contributed by atoms with Crippen molar-refractivity contribution in [2.75, 3.05) is 0 Å². The van der Waals surface area contributed by atoms with Crippen LogP contribution in [-0.2, 0) is 10.2 Å². The van der Waals surface area contributed by atoms with E-state index in [1.54, 1.807) is 6.07 Å². The van der Waals surface area contributed by atoms with Crippen LogP contribution in [0.3, 0.4) is 0 Å².